The van der Waals surface area contributed by atoms with Crippen molar-refractivity contribution in [2.24, 2.45) is 11.3 Å². The van der Waals surface area contributed by atoms with Gasteiger partial charge in [-0.3, -0.25) is 4.79 Å². The molecule has 0 radical (unpaired) electrons. The third-order valence-electron chi connectivity index (χ3n) is 4.44. The Hall–Kier alpha value is -2.10. The van der Waals surface area contributed by atoms with Crippen molar-refractivity contribution in [1.29, 1.82) is 0 Å². The molecule has 2 N–H and O–H groups in total. The standard InChI is InChI=1S/C17H21N3O/c1-17(2)9-11(17)10-19-16(21)13-8-15(18-3)20-14-7-5-4-6-12(13)14/h4-8,11H,9-10H2,1-3H3,(H,18,20)(H,19,21). The maximum absolute atomic E-state index is 12.5. The van der Waals surface area contributed by atoms with Crippen LogP contribution in [0.25, 0.3) is 10.9 Å². The number of para-hydroxylation sites is 1. The van der Waals surface area contributed by atoms with E-state index in [1.807, 2.05) is 37.4 Å². The minimum Gasteiger partial charge on any atom is -0.373 e. The van der Waals surface area contributed by atoms with Crippen molar-refractivity contribution in [1.82, 2.24) is 10.3 Å². The van der Waals surface area contributed by atoms with Crippen molar-refractivity contribution in [2.75, 3.05) is 18.9 Å². The van der Waals surface area contributed by atoms with Gasteiger partial charge in [0.25, 0.3) is 5.91 Å². The first kappa shape index (κ1) is 13.9. The van der Waals surface area contributed by atoms with E-state index < -0.39 is 0 Å². The predicted octanol–water partition coefficient (Wildman–Crippen LogP) is 3.05. The monoisotopic (exact) mass is 283 g/mol. The molecule has 2 aromatic rings. The highest BCUT2D eigenvalue weighted by Crippen LogP contribution is 2.51. The summed E-state index contributed by atoms with van der Waals surface area (Å²) in [5.41, 5.74) is 1.90. The second kappa shape index (κ2) is 5.02. The Bertz CT molecular complexity index is 693. The predicted molar refractivity (Wildman–Crippen MR) is 85.5 cm³/mol. The lowest BCUT2D eigenvalue weighted by Gasteiger charge is -2.10. The van der Waals surface area contributed by atoms with Crippen LogP contribution < -0.4 is 10.6 Å². The molecule has 0 saturated heterocycles. The van der Waals surface area contributed by atoms with Crippen LogP contribution in [0.15, 0.2) is 30.3 Å². The third kappa shape index (κ3) is 2.71. The molecule has 3 rings (SSSR count). The van der Waals surface area contributed by atoms with Crippen LogP contribution in [0.3, 0.4) is 0 Å². The van der Waals surface area contributed by atoms with E-state index in [-0.39, 0.29) is 5.91 Å². The van der Waals surface area contributed by atoms with Crippen molar-refractivity contribution in [2.45, 2.75) is 20.3 Å². The van der Waals surface area contributed by atoms with Crippen molar-refractivity contribution in [3.8, 4) is 0 Å². The average Bonchev–Trinajstić information content (AvgIpc) is 3.10. The van der Waals surface area contributed by atoms with Crippen molar-refractivity contribution in [3.05, 3.63) is 35.9 Å². The number of benzene rings is 1. The lowest BCUT2D eigenvalue weighted by atomic mass is 10.1. The van der Waals surface area contributed by atoms with Crippen LogP contribution in [0, 0.1) is 11.3 Å². The number of pyridine rings is 1. The van der Waals surface area contributed by atoms with E-state index in [9.17, 15) is 4.79 Å². The summed E-state index contributed by atoms with van der Waals surface area (Å²) in [6.07, 6.45) is 1.19. The number of hydrogen-bond donors (Lipinski definition) is 2. The Labute approximate surface area is 125 Å². The highest BCUT2D eigenvalue weighted by Gasteiger charge is 2.45. The van der Waals surface area contributed by atoms with Gasteiger partial charge in [0.1, 0.15) is 5.82 Å². The van der Waals surface area contributed by atoms with Crippen LogP contribution in [0.4, 0.5) is 5.82 Å². The van der Waals surface area contributed by atoms with Gasteiger partial charge in [-0.25, -0.2) is 4.98 Å². The SMILES string of the molecule is CNc1cc(C(=O)NCC2CC2(C)C)c2ccccc2n1. The molecule has 1 unspecified atom stereocenters. The summed E-state index contributed by atoms with van der Waals surface area (Å²) in [7, 11) is 1.81. The van der Waals surface area contributed by atoms with E-state index in [0.717, 1.165) is 17.4 Å². The lowest BCUT2D eigenvalue weighted by molar-refractivity contribution is 0.0952. The molecule has 1 atom stereocenters. The van der Waals surface area contributed by atoms with Gasteiger partial charge in [0.05, 0.1) is 11.1 Å². The number of anilines is 1. The zero-order valence-corrected chi connectivity index (χ0v) is 12.7. The topological polar surface area (TPSA) is 54.0 Å². The lowest BCUT2D eigenvalue weighted by Crippen LogP contribution is -2.27. The van der Waals surface area contributed by atoms with Crippen molar-refractivity contribution < 1.29 is 4.79 Å². The molecule has 1 amide bonds. The molecule has 0 spiro atoms. The fourth-order valence-corrected chi connectivity index (χ4v) is 2.73. The molecule has 0 aliphatic heterocycles. The summed E-state index contributed by atoms with van der Waals surface area (Å²) in [4.78, 5) is 17.0. The van der Waals surface area contributed by atoms with Crippen LogP contribution in [0.5, 0.6) is 0 Å². The van der Waals surface area contributed by atoms with Gasteiger partial charge < -0.3 is 10.6 Å². The highest BCUT2D eigenvalue weighted by atomic mass is 16.1. The molecule has 1 heterocycles. The molecular formula is C17H21N3O. The Kier molecular flexibility index (Phi) is 3.32. The Morgan fingerprint density at radius 3 is 2.76 bits per heavy atom. The molecule has 0 bridgehead atoms. The minimum absolute atomic E-state index is 0.0206. The van der Waals surface area contributed by atoms with Gasteiger partial charge in [-0.15, -0.1) is 0 Å². The number of aromatic nitrogens is 1. The molecule has 1 fully saturated rings. The van der Waals surface area contributed by atoms with Crippen LogP contribution in [0.2, 0.25) is 0 Å². The zero-order valence-electron chi connectivity index (χ0n) is 12.7. The van der Waals surface area contributed by atoms with Gasteiger partial charge in [-0.2, -0.15) is 0 Å². The van der Waals surface area contributed by atoms with Gasteiger partial charge >= 0.3 is 0 Å². The van der Waals surface area contributed by atoms with Gasteiger partial charge in [-0.1, -0.05) is 32.0 Å². The van der Waals surface area contributed by atoms with Crippen molar-refractivity contribution >= 4 is 22.6 Å². The fourth-order valence-electron chi connectivity index (χ4n) is 2.73. The number of carbonyl (C=O) groups excluding carboxylic acids is 1. The number of rotatable bonds is 4. The van der Waals surface area contributed by atoms with E-state index in [4.69, 9.17) is 0 Å². The smallest absolute Gasteiger partial charge is 0.252 e. The summed E-state index contributed by atoms with van der Waals surface area (Å²) in [6, 6.07) is 9.55. The van der Waals surface area contributed by atoms with E-state index in [1.165, 1.54) is 6.42 Å². The molecule has 1 aliphatic carbocycles. The summed E-state index contributed by atoms with van der Waals surface area (Å²) in [5, 5.41) is 6.97. The minimum atomic E-state index is -0.0206. The van der Waals surface area contributed by atoms with Gasteiger partial charge in [0.2, 0.25) is 0 Å². The van der Waals surface area contributed by atoms with Crippen LogP contribution in [-0.4, -0.2) is 24.5 Å². The molecular weight excluding hydrogens is 262 g/mol. The Morgan fingerprint density at radius 1 is 1.38 bits per heavy atom. The maximum Gasteiger partial charge on any atom is 0.252 e. The van der Waals surface area contributed by atoms with E-state index in [2.05, 4.69) is 29.5 Å². The van der Waals surface area contributed by atoms with Gasteiger partial charge in [-0.05, 0) is 29.9 Å². The molecule has 1 aromatic heterocycles. The molecule has 4 heteroatoms. The summed E-state index contributed by atoms with van der Waals surface area (Å²) < 4.78 is 0. The normalized spacial score (nSPS) is 19.3. The number of hydrogen-bond acceptors (Lipinski definition) is 3. The Balaban J connectivity index is 1.86. The number of carbonyl (C=O) groups is 1. The first-order valence-electron chi connectivity index (χ1n) is 7.37. The summed E-state index contributed by atoms with van der Waals surface area (Å²) in [6.45, 7) is 5.23. The van der Waals surface area contributed by atoms with Gasteiger partial charge in [0, 0.05) is 19.0 Å². The third-order valence-corrected chi connectivity index (χ3v) is 4.44. The molecule has 1 aromatic carbocycles. The van der Waals surface area contributed by atoms with Crippen LogP contribution >= 0.6 is 0 Å². The summed E-state index contributed by atoms with van der Waals surface area (Å²) >= 11 is 0. The molecule has 1 aliphatic rings. The van der Waals surface area contributed by atoms with E-state index >= 15 is 0 Å². The second-order valence-electron chi connectivity index (χ2n) is 6.42. The average molecular weight is 283 g/mol. The van der Waals surface area contributed by atoms with Crippen LogP contribution in [-0.2, 0) is 0 Å². The molecule has 1 saturated carbocycles. The van der Waals surface area contributed by atoms with Gasteiger partial charge in [0.15, 0.2) is 0 Å². The zero-order chi connectivity index (χ0) is 15.0. The highest BCUT2D eigenvalue weighted by molar-refractivity contribution is 6.06. The van der Waals surface area contributed by atoms with Crippen molar-refractivity contribution in [3.63, 3.8) is 0 Å². The molecule has 21 heavy (non-hydrogen) atoms. The quantitative estimate of drug-likeness (QED) is 0.906. The molecule has 110 valence electrons. The first-order chi connectivity index (χ1) is 10.0. The number of amides is 1. The Morgan fingerprint density at radius 2 is 2.10 bits per heavy atom. The van der Waals surface area contributed by atoms with E-state index in [1.54, 1.807) is 0 Å². The maximum atomic E-state index is 12.5. The number of nitrogens with one attached hydrogen (secondary N) is 2. The first-order valence-corrected chi connectivity index (χ1v) is 7.37. The second-order valence-corrected chi connectivity index (χ2v) is 6.42. The number of fused-ring (bicyclic) bond motifs is 1. The fraction of sp³-hybridized carbons (Fsp3) is 0.412. The largest absolute Gasteiger partial charge is 0.373 e. The number of nitrogens with zero attached hydrogens (tertiary/aromatic N) is 1. The summed E-state index contributed by atoms with van der Waals surface area (Å²) in [5.74, 6) is 1.29. The van der Waals surface area contributed by atoms with E-state index in [0.29, 0.717) is 22.7 Å². The molecule has 4 nitrogen and oxygen atoms in total. The van der Waals surface area contributed by atoms with Crippen LogP contribution in [0.1, 0.15) is 30.6 Å².